The predicted molar refractivity (Wildman–Crippen MR) is 124 cm³/mol. The van der Waals surface area contributed by atoms with Crippen molar-refractivity contribution in [3.63, 3.8) is 0 Å². The summed E-state index contributed by atoms with van der Waals surface area (Å²) in [6, 6.07) is 11.6. The zero-order chi connectivity index (χ0) is 22.8. The Morgan fingerprint density at radius 1 is 0.938 bits per heavy atom. The van der Waals surface area contributed by atoms with Crippen molar-refractivity contribution >= 4 is 5.91 Å². The van der Waals surface area contributed by atoms with Gasteiger partial charge < -0.3 is 24.3 Å². The lowest BCUT2D eigenvalue weighted by molar-refractivity contribution is 0.0340. The molecule has 0 unspecified atom stereocenters. The van der Waals surface area contributed by atoms with Gasteiger partial charge in [-0.05, 0) is 44.0 Å². The second-order valence-corrected chi connectivity index (χ2v) is 7.44. The average molecular weight is 443 g/mol. The summed E-state index contributed by atoms with van der Waals surface area (Å²) in [4.78, 5) is 15.4. The molecule has 174 valence electrons. The zero-order valence-electron chi connectivity index (χ0n) is 19.3. The van der Waals surface area contributed by atoms with Crippen LogP contribution in [0.3, 0.4) is 0 Å². The SMILES string of the molecule is CCOc1cc(C(=O)NCc2ccccc2CN2CCOCC2)cc(OCC)c1OCC. The lowest BCUT2D eigenvalue weighted by atomic mass is 10.1. The molecular formula is C25H34N2O5. The minimum absolute atomic E-state index is 0.184. The largest absolute Gasteiger partial charge is 0.490 e. The van der Waals surface area contributed by atoms with E-state index < -0.39 is 0 Å². The fourth-order valence-corrected chi connectivity index (χ4v) is 3.68. The number of morpholine rings is 1. The van der Waals surface area contributed by atoms with Crippen LogP contribution in [0.15, 0.2) is 36.4 Å². The molecule has 0 radical (unpaired) electrons. The molecule has 32 heavy (non-hydrogen) atoms. The van der Waals surface area contributed by atoms with Crippen LogP contribution in [0.4, 0.5) is 0 Å². The maximum atomic E-state index is 13.0. The molecule has 1 saturated heterocycles. The van der Waals surface area contributed by atoms with E-state index in [1.165, 1.54) is 5.56 Å². The summed E-state index contributed by atoms with van der Waals surface area (Å²) in [7, 11) is 0. The van der Waals surface area contributed by atoms with Gasteiger partial charge in [-0.3, -0.25) is 9.69 Å². The summed E-state index contributed by atoms with van der Waals surface area (Å²) in [5, 5.41) is 3.05. The van der Waals surface area contributed by atoms with Gasteiger partial charge in [-0.15, -0.1) is 0 Å². The molecule has 7 heteroatoms. The van der Waals surface area contributed by atoms with E-state index in [9.17, 15) is 4.79 Å². The molecule has 0 bridgehead atoms. The van der Waals surface area contributed by atoms with Gasteiger partial charge in [-0.2, -0.15) is 0 Å². The van der Waals surface area contributed by atoms with Crippen molar-refractivity contribution in [1.29, 1.82) is 0 Å². The summed E-state index contributed by atoms with van der Waals surface area (Å²) < 4.78 is 22.6. The number of ether oxygens (including phenoxy) is 4. The smallest absolute Gasteiger partial charge is 0.251 e. The minimum atomic E-state index is -0.184. The van der Waals surface area contributed by atoms with Gasteiger partial charge in [-0.25, -0.2) is 0 Å². The molecule has 1 amide bonds. The van der Waals surface area contributed by atoms with Crippen LogP contribution in [0.5, 0.6) is 17.2 Å². The third kappa shape index (κ3) is 6.37. The Labute approximate surface area is 190 Å². The molecule has 3 rings (SSSR count). The van der Waals surface area contributed by atoms with Gasteiger partial charge in [0.15, 0.2) is 11.5 Å². The molecule has 1 aliphatic heterocycles. The first-order valence-electron chi connectivity index (χ1n) is 11.4. The lowest BCUT2D eigenvalue weighted by Crippen LogP contribution is -2.36. The van der Waals surface area contributed by atoms with Crippen molar-refractivity contribution in [2.24, 2.45) is 0 Å². The van der Waals surface area contributed by atoms with Crippen molar-refractivity contribution < 1.29 is 23.7 Å². The number of hydrogen-bond acceptors (Lipinski definition) is 6. The molecule has 2 aromatic rings. The normalized spacial score (nSPS) is 14.1. The van der Waals surface area contributed by atoms with Crippen LogP contribution < -0.4 is 19.5 Å². The van der Waals surface area contributed by atoms with Crippen LogP contribution in [-0.4, -0.2) is 56.9 Å². The highest BCUT2D eigenvalue weighted by Gasteiger charge is 2.19. The van der Waals surface area contributed by atoms with E-state index in [0.717, 1.165) is 38.4 Å². The van der Waals surface area contributed by atoms with E-state index in [0.29, 0.717) is 49.2 Å². The molecule has 2 aromatic carbocycles. The number of nitrogens with zero attached hydrogens (tertiary/aromatic N) is 1. The number of amides is 1. The molecular weight excluding hydrogens is 408 g/mol. The van der Waals surface area contributed by atoms with E-state index >= 15 is 0 Å². The van der Waals surface area contributed by atoms with Gasteiger partial charge in [0.2, 0.25) is 5.75 Å². The number of carbonyl (C=O) groups excluding carboxylic acids is 1. The van der Waals surface area contributed by atoms with E-state index in [4.69, 9.17) is 18.9 Å². The fraction of sp³-hybridized carbons (Fsp3) is 0.480. The van der Waals surface area contributed by atoms with Gasteiger partial charge in [0, 0.05) is 31.7 Å². The summed E-state index contributed by atoms with van der Waals surface area (Å²) in [6.45, 7) is 11.8. The van der Waals surface area contributed by atoms with Crippen LogP contribution >= 0.6 is 0 Å². The summed E-state index contributed by atoms with van der Waals surface area (Å²) in [5.41, 5.74) is 2.80. The van der Waals surface area contributed by atoms with Gasteiger partial charge in [0.25, 0.3) is 5.91 Å². The van der Waals surface area contributed by atoms with Crippen LogP contribution in [0.2, 0.25) is 0 Å². The molecule has 0 spiro atoms. The first kappa shape index (κ1) is 23.9. The van der Waals surface area contributed by atoms with E-state index in [1.807, 2.05) is 32.9 Å². The van der Waals surface area contributed by atoms with Crippen molar-refractivity contribution in [2.75, 3.05) is 46.1 Å². The Balaban J connectivity index is 1.74. The van der Waals surface area contributed by atoms with Gasteiger partial charge in [0.05, 0.1) is 33.0 Å². The number of benzene rings is 2. The number of hydrogen-bond donors (Lipinski definition) is 1. The number of nitrogens with one attached hydrogen (secondary N) is 1. The van der Waals surface area contributed by atoms with Crippen LogP contribution in [0, 0.1) is 0 Å². The monoisotopic (exact) mass is 442 g/mol. The molecule has 0 saturated carbocycles. The fourth-order valence-electron chi connectivity index (χ4n) is 3.68. The van der Waals surface area contributed by atoms with Gasteiger partial charge >= 0.3 is 0 Å². The van der Waals surface area contributed by atoms with Crippen molar-refractivity contribution in [3.05, 3.63) is 53.1 Å². The maximum absolute atomic E-state index is 13.0. The molecule has 1 heterocycles. The summed E-state index contributed by atoms with van der Waals surface area (Å²) in [5.74, 6) is 1.37. The molecule has 0 aliphatic carbocycles. The maximum Gasteiger partial charge on any atom is 0.251 e. The standard InChI is InChI=1S/C25H34N2O5/c1-4-30-22-15-21(16-23(31-5-2)24(22)32-6-3)25(28)26-17-19-9-7-8-10-20(19)18-27-11-13-29-14-12-27/h7-10,15-16H,4-6,11-14,17-18H2,1-3H3,(H,26,28). The first-order chi connectivity index (χ1) is 15.7. The second kappa shape index (κ2) is 12.3. The number of carbonyl (C=O) groups is 1. The highest BCUT2D eigenvalue weighted by molar-refractivity contribution is 5.95. The van der Waals surface area contributed by atoms with E-state index in [2.05, 4.69) is 22.3 Å². The Bertz CT molecular complexity index is 853. The van der Waals surface area contributed by atoms with Crippen LogP contribution in [0.25, 0.3) is 0 Å². The lowest BCUT2D eigenvalue weighted by Gasteiger charge is -2.27. The summed E-state index contributed by atoms with van der Waals surface area (Å²) in [6.07, 6.45) is 0. The minimum Gasteiger partial charge on any atom is -0.490 e. The molecule has 1 fully saturated rings. The van der Waals surface area contributed by atoms with Crippen molar-refractivity contribution in [3.8, 4) is 17.2 Å². The highest BCUT2D eigenvalue weighted by atomic mass is 16.5. The van der Waals surface area contributed by atoms with Crippen molar-refractivity contribution in [1.82, 2.24) is 10.2 Å². The third-order valence-electron chi connectivity index (χ3n) is 5.23. The average Bonchev–Trinajstić information content (AvgIpc) is 2.81. The molecule has 0 atom stereocenters. The van der Waals surface area contributed by atoms with E-state index in [-0.39, 0.29) is 5.91 Å². The molecule has 1 aliphatic rings. The van der Waals surface area contributed by atoms with Gasteiger partial charge in [-0.1, -0.05) is 24.3 Å². The molecule has 0 aromatic heterocycles. The van der Waals surface area contributed by atoms with Gasteiger partial charge in [0.1, 0.15) is 0 Å². The van der Waals surface area contributed by atoms with E-state index in [1.54, 1.807) is 12.1 Å². The first-order valence-corrected chi connectivity index (χ1v) is 11.4. The Hall–Kier alpha value is -2.77. The van der Waals surface area contributed by atoms with Crippen LogP contribution in [-0.2, 0) is 17.8 Å². The van der Waals surface area contributed by atoms with Crippen LogP contribution in [0.1, 0.15) is 42.3 Å². The molecule has 1 N–H and O–H groups in total. The zero-order valence-corrected chi connectivity index (χ0v) is 19.3. The summed E-state index contributed by atoms with van der Waals surface area (Å²) >= 11 is 0. The third-order valence-corrected chi connectivity index (χ3v) is 5.23. The predicted octanol–water partition coefficient (Wildman–Crippen LogP) is 3.64. The van der Waals surface area contributed by atoms with Crippen molar-refractivity contribution in [2.45, 2.75) is 33.9 Å². The Kier molecular flexibility index (Phi) is 9.19. The topological polar surface area (TPSA) is 69.3 Å². The number of rotatable bonds is 11. The highest BCUT2D eigenvalue weighted by Crippen LogP contribution is 2.39. The Morgan fingerprint density at radius 2 is 1.53 bits per heavy atom. The quantitative estimate of drug-likeness (QED) is 0.573. The molecule has 7 nitrogen and oxygen atoms in total. The second-order valence-electron chi connectivity index (χ2n) is 7.44. The Morgan fingerprint density at radius 3 is 2.12 bits per heavy atom.